The minimum Gasteiger partial charge on any atom is -0.381 e. The van der Waals surface area contributed by atoms with Crippen LogP contribution in [0.1, 0.15) is 29.5 Å². The van der Waals surface area contributed by atoms with E-state index in [-0.39, 0.29) is 24.3 Å². The number of benzene rings is 1. The first-order valence-electron chi connectivity index (χ1n) is 7.70. The largest absolute Gasteiger partial charge is 0.381 e. The zero-order valence-electron chi connectivity index (χ0n) is 13.5. The van der Waals surface area contributed by atoms with Crippen molar-refractivity contribution in [3.05, 3.63) is 28.8 Å². The van der Waals surface area contributed by atoms with Crippen LogP contribution in [0.3, 0.4) is 0 Å². The third-order valence-electron chi connectivity index (χ3n) is 3.96. The van der Waals surface area contributed by atoms with E-state index in [9.17, 15) is 9.59 Å². The molecular formula is C17H24N2O3. The molecule has 120 valence electrons. The fourth-order valence-corrected chi connectivity index (χ4v) is 2.83. The van der Waals surface area contributed by atoms with E-state index >= 15 is 0 Å². The topological polar surface area (TPSA) is 67.4 Å². The normalized spacial score (nSPS) is 15.4. The average Bonchev–Trinajstić information content (AvgIpc) is 2.49. The summed E-state index contributed by atoms with van der Waals surface area (Å²) in [5.74, 6) is -0.296. The van der Waals surface area contributed by atoms with Crippen molar-refractivity contribution >= 4 is 17.5 Å². The van der Waals surface area contributed by atoms with E-state index in [1.807, 2.05) is 32.9 Å². The molecule has 0 saturated carbocycles. The predicted octanol–water partition coefficient (Wildman–Crippen LogP) is 2.09. The van der Waals surface area contributed by atoms with Gasteiger partial charge in [-0.05, 0) is 44.7 Å². The molecule has 1 saturated heterocycles. The predicted molar refractivity (Wildman–Crippen MR) is 85.8 cm³/mol. The molecule has 2 amide bonds. The van der Waals surface area contributed by atoms with Gasteiger partial charge in [0, 0.05) is 24.8 Å². The highest BCUT2D eigenvalue weighted by Gasteiger charge is 2.21. The van der Waals surface area contributed by atoms with Gasteiger partial charge in [0.25, 0.3) is 0 Å². The summed E-state index contributed by atoms with van der Waals surface area (Å²) in [4.78, 5) is 24.0. The third-order valence-corrected chi connectivity index (χ3v) is 3.96. The van der Waals surface area contributed by atoms with Gasteiger partial charge in [-0.1, -0.05) is 17.7 Å². The fraction of sp³-hybridized carbons (Fsp3) is 0.529. The maximum atomic E-state index is 12.0. The number of nitrogens with one attached hydrogen (secondary N) is 2. The van der Waals surface area contributed by atoms with Crippen LogP contribution in [0.4, 0.5) is 5.69 Å². The number of amides is 2. The summed E-state index contributed by atoms with van der Waals surface area (Å²) in [7, 11) is 0. The van der Waals surface area contributed by atoms with Crippen molar-refractivity contribution in [2.45, 2.75) is 33.6 Å². The second-order valence-corrected chi connectivity index (χ2v) is 5.93. The summed E-state index contributed by atoms with van der Waals surface area (Å²) in [6, 6.07) is 4.06. The number of anilines is 1. The van der Waals surface area contributed by atoms with Gasteiger partial charge in [-0.15, -0.1) is 0 Å². The van der Waals surface area contributed by atoms with Crippen LogP contribution < -0.4 is 10.6 Å². The van der Waals surface area contributed by atoms with Gasteiger partial charge < -0.3 is 15.4 Å². The van der Waals surface area contributed by atoms with Crippen LogP contribution in [-0.2, 0) is 14.3 Å². The van der Waals surface area contributed by atoms with Crippen LogP contribution in [0.25, 0.3) is 0 Å². The van der Waals surface area contributed by atoms with E-state index in [0.717, 1.165) is 29.7 Å². The standard InChI is InChI=1S/C17H24N2O3/c1-11-8-12(2)16(13(3)9-11)19-15(20)10-18-17(21)14-4-6-22-7-5-14/h8-9,14H,4-7,10H2,1-3H3,(H,18,21)(H,19,20). The highest BCUT2D eigenvalue weighted by atomic mass is 16.5. The van der Waals surface area contributed by atoms with E-state index in [0.29, 0.717) is 13.2 Å². The molecule has 0 radical (unpaired) electrons. The smallest absolute Gasteiger partial charge is 0.243 e. The summed E-state index contributed by atoms with van der Waals surface area (Å²) in [5, 5.41) is 5.60. The summed E-state index contributed by atoms with van der Waals surface area (Å²) >= 11 is 0. The molecule has 0 aliphatic carbocycles. The number of ether oxygens (including phenoxy) is 1. The van der Waals surface area contributed by atoms with Gasteiger partial charge in [-0.2, -0.15) is 0 Å². The monoisotopic (exact) mass is 304 g/mol. The Morgan fingerprint density at radius 2 is 1.73 bits per heavy atom. The van der Waals surface area contributed by atoms with Gasteiger partial charge >= 0.3 is 0 Å². The number of carbonyl (C=O) groups excluding carboxylic acids is 2. The minimum absolute atomic E-state index is 0.00292. The van der Waals surface area contributed by atoms with E-state index in [2.05, 4.69) is 10.6 Å². The van der Waals surface area contributed by atoms with Crippen LogP contribution >= 0.6 is 0 Å². The lowest BCUT2D eigenvalue weighted by atomic mass is 9.99. The molecule has 2 N–H and O–H groups in total. The van der Waals surface area contributed by atoms with Crippen molar-refractivity contribution in [1.82, 2.24) is 5.32 Å². The first-order chi connectivity index (χ1) is 10.5. The average molecular weight is 304 g/mol. The van der Waals surface area contributed by atoms with Gasteiger partial charge in [0.05, 0.1) is 6.54 Å². The van der Waals surface area contributed by atoms with Crippen LogP contribution in [0.15, 0.2) is 12.1 Å². The highest BCUT2D eigenvalue weighted by Crippen LogP contribution is 2.21. The quantitative estimate of drug-likeness (QED) is 0.895. The molecule has 1 heterocycles. The lowest BCUT2D eigenvalue weighted by Crippen LogP contribution is -2.38. The van der Waals surface area contributed by atoms with Gasteiger partial charge in [0.1, 0.15) is 0 Å². The van der Waals surface area contributed by atoms with Gasteiger partial charge in [-0.3, -0.25) is 9.59 Å². The number of rotatable bonds is 4. The van der Waals surface area contributed by atoms with Crippen LogP contribution in [0, 0.1) is 26.7 Å². The van der Waals surface area contributed by atoms with Crippen molar-refractivity contribution in [2.75, 3.05) is 25.1 Å². The zero-order valence-corrected chi connectivity index (χ0v) is 13.5. The Bertz CT molecular complexity index is 540. The van der Waals surface area contributed by atoms with Crippen LogP contribution in [-0.4, -0.2) is 31.6 Å². The fourth-order valence-electron chi connectivity index (χ4n) is 2.83. The van der Waals surface area contributed by atoms with Gasteiger partial charge in [-0.25, -0.2) is 0 Å². The molecule has 1 aromatic carbocycles. The number of hydrogen-bond donors (Lipinski definition) is 2. The second kappa shape index (κ2) is 7.40. The molecule has 0 atom stereocenters. The lowest BCUT2D eigenvalue weighted by molar-refractivity contribution is -0.129. The van der Waals surface area contributed by atoms with Crippen molar-refractivity contribution in [3.63, 3.8) is 0 Å². The molecule has 0 aromatic heterocycles. The summed E-state index contributed by atoms with van der Waals surface area (Å²) < 4.78 is 5.23. The Morgan fingerprint density at radius 3 is 2.32 bits per heavy atom. The van der Waals surface area contributed by atoms with Crippen molar-refractivity contribution < 1.29 is 14.3 Å². The van der Waals surface area contributed by atoms with E-state index in [1.54, 1.807) is 0 Å². The molecule has 5 nitrogen and oxygen atoms in total. The summed E-state index contributed by atoms with van der Waals surface area (Å²) in [5.41, 5.74) is 4.06. The molecule has 0 spiro atoms. The third kappa shape index (κ3) is 4.31. The first kappa shape index (κ1) is 16.5. The van der Waals surface area contributed by atoms with E-state index in [1.165, 1.54) is 5.56 Å². The Labute approximate surface area is 131 Å². The van der Waals surface area contributed by atoms with Gasteiger partial charge in [0.15, 0.2) is 0 Å². The Hall–Kier alpha value is -1.88. The Morgan fingerprint density at radius 1 is 1.14 bits per heavy atom. The SMILES string of the molecule is Cc1cc(C)c(NC(=O)CNC(=O)C2CCOCC2)c(C)c1. The van der Waals surface area contributed by atoms with E-state index < -0.39 is 0 Å². The van der Waals surface area contributed by atoms with E-state index in [4.69, 9.17) is 4.74 Å². The lowest BCUT2D eigenvalue weighted by Gasteiger charge is -2.21. The molecule has 1 fully saturated rings. The number of carbonyl (C=O) groups is 2. The first-order valence-corrected chi connectivity index (χ1v) is 7.70. The Kier molecular flexibility index (Phi) is 5.55. The molecule has 5 heteroatoms. The molecular weight excluding hydrogens is 280 g/mol. The maximum Gasteiger partial charge on any atom is 0.243 e. The van der Waals surface area contributed by atoms with Crippen LogP contribution in [0.5, 0.6) is 0 Å². The Balaban J connectivity index is 1.87. The summed E-state index contributed by atoms with van der Waals surface area (Å²) in [6.45, 7) is 7.20. The minimum atomic E-state index is -0.199. The molecule has 2 rings (SSSR count). The maximum absolute atomic E-state index is 12.0. The number of aryl methyl sites for hydroxylation is 3. The summed E-state index contributed by atoms with van der Waals surface area (Å²) in [6.07, 6.45) is 1.45. The molecule has 0 unspecified atom stereocenters. The molecule has 22 heavy (non-hydrogen) atoms. The number of hydrogen-bond acceptors (Lipinski definition) is 3. The molecule has 1 aromatic rings. The van der Waals surface area contributed by atoms with Crippen molar-refractivity contribution in [3.8, 4) is 0 Å². The zero-order chi connectivity index (χ0) is 16.1. The highest BCUT2D eigenvalue weighted by molar-refractivity contribution is 5.96. The second-order valence-electron chi connectivity index (χ2n) is 5.93. The van der Waals surface area contributed by atoms with Crippen molar-refractivity contribution in [2.24, 2.45) is 5.92 Å². The molecule has 1 aliphatic heterocycles. The van der Waals surface area contributed by atoms with Crippen LogP contribution in [0.2, 0.25) is 0 Å². The van der Waals surface area contributed by atoms with Gasteiger partial charge in [0.2, 0.25) is 11.8 Å². The van der Waals surface area contributed by atoms with Crippen molar-refractivity contribution in [1.29, 1.82) is 0 Å². The molecule has 0 bridgehead atoms. The molecule has 1 aliphatic rings.